The van der Waals surface area contributed by atoms with Gasteiger partial charge in [0.2, 0.25) is 0 Å². The average molecular weight is 208 g/mol. The van der Waals surface area contributed by atoms with Gasteiger partial charge in [0.05, 0.1) is 13.0 Å². The SMILES string of the molecule is COC1=CC(O)=C2C(=O)C1CCC2(C)C. The molecule has 0 amide bonds. The molecule has 0 aromatic heterocycles. The zero-order valence-corrected chi connectivity index (χ0v) is 9.33. The molecule has 2 bridgehead atoms. The predicted octanol–water partition coefficient (Wildman–Crippen LogP) is 2.35. The second-order valence-electron chi connectivity index (χ2n) is 4.85. The lowest BCUT2D eigenvalue weighted by Gasteiger charge is -2.38. The fourth-order valence-electron chi connectivity index (χ4n) is 2.52. The number of allylic oxidation sites excluding steroid dienone is 3. The molecule has 0 aromatic carbocycles. The van der Waals surface area contributed by atoms with Gasteiger partial charge in [0, 0.05) is 11.6 Å². The first-order valence-corrected chi connectivity index (χ1v) is 5.21. The molecule has 0 aliphatic heterocycles. The number of aliphatic hydroxyl groups excluding tert-OH is 1. The average Bonchev–Trinajstić information content (AvgIpc) is 2.13. The van der Waals surface area contributed by atoms with Gasteiger partial charge in [-0.1, -0.05) is 13.8 Å². The molecular formula is C12H16O3. The molecule has 1 saturated carbocycles. The van der Waals surface area contributed by atoms with Crippen LogP contribution in [0.5, 0.6) is 0 Å². The van der Waals surface area contributed by atoms with E-state index in [4.69, 9.17) is 4.74 Å². The Hall–Kier alpha value is -1.25. The van der Waals surface area contributed by atoms with Crippen LogP contribution < -0.4 is 0 Å². The van der Waals surface area contributed by atoms with Crippen LogP contribution >= 0.6 is 0 Å². The molecule has 0 heterocycles. The number of ketones is 1. The Morgan fingerprint density at radius 1 is 1.53 bits per heavy atom. The third-order valence-electron chi connectivity index (χ3n) is 3.41. The Morgan fingerprint density at radius 2 is 2.20 bits per heavy atom. The quantitative estimate of drug-likeness (QED) is 0.719. The maximum absolute atomic E-state index is 12.1. The van der Waals surface area contributed by atoms with Crippen molar-refractivity contribution in [2.45, 2.75) is 26.7 Å². The summed E-state index contributed by atoms with van der Waals surface area (Å²) in [6.07, 6.45) is 3.30. The minimum Gasteiger partial charge on any atom is -0.507 e. The minimum atomic E-state index is -0.215. The van der Waals surface area contributed by atoms with E-state index in [0.29, 0.717) is 11.3 Å². The van der Waals surface area contributed by atoms with Crippen molar-refractivity contribution in [1.29, 1.82) is 0 Å². The number of fused-ring (bicyclic) bond motifs is 2. The van der Waals surface area contributed by atoms with Gasteiger partial charge in [0.1, 0.15) is 11.5 Å². The van der Waals surface area contributed by atoms with Crippen molar-refractivity contribution in [2.75, 3.05) is 7.11 Å². The monoisotopic (exact) mass is 208 g/mol. The molecule has 0 saturated heterocycles. The Bertz CT molecular complexity index is 374. The van der Waals surface area contributed by atoms with Crippen LogP contribution in [0.4, 0.5) is 0 Å². The summed E-state index contributed by atoms with van der Waals surface area (Å²) >= 11 is 0. The fourth-order valence-corrected chi connectivity index (χ4v) is 2.52. The van der Waals surface area contributed by atoms with E-state index in [2.05, 4.69) is 0 Å². The van der Waals surface area contributed by atoms with Crippen molar-refractivity contribution >= 4 is 5.78 Å². The summed E-state index contributed by atoms with van der Waals surface area (Å²) in [6, 6.07) is 0. The van der Waals surface area contributed by atoms with Crippen molar-refractivity contribution in [3.05, 3.63) is 23.2 Å². The highest BCUT2D eigenvalue weighted by molar-refractivity contribution is 6.02. The normalized spacial score (nSPS) is 28.9. The Labute approximate surface area is 89.4 Å². The third kappa shape index (κ3) is 1.37. The second-order valence-corrected chi connectivity index (χ2v) is 4.85. The zero-order valence-electron chi connectivity index (χ0n) is 9.33. The molecule has 1 fully saturated rings. The van der Waals surface area contributed by atoms with Crippen molar-refractivity contribution in [2.24, 2.45) is 11.3 Å². The van der Waals surface area contributed by atoms with Crippen LogP contribution in [0.25, 0.3) is 0 Å². The largest absolute Gasteiger partial charge is 0.507 e. The lowest BCUT2D eigenvalue weighted by molar-refractivity contribution is -0.122. The molecule has 0 aromatic rings. The molecule has 0 radical (unpaired) electrons. The predicted molar refractivity (Wildman–Crippen MR) is 56.3 cm³/mol. The molecule has 82 valence electrons. The molecular weight excluding hydrogens is 192 g/mol. The molecule has 2 aliphatic carbocycles. The van der Waals surface area contributed by atoms with Crippen LogP contribution in [0, 0.1) is 11.3 Å². The summed E-state index contributed by atoms with van der Waals surface area (Å²) in [6.45, 7) is 4.00. The first kappa shape index (κ1) is 10.3. The number of Topliss-reactive ketones (excluding diaryl/α,β-unsaturated/α-hetero) is 1. The molecule has 15 heavy (non-hydrogen) atoms. The van der Waals surface area contributed by atoms with Gasteiger partial charge in [-0.05, 0) is 18.3 Å². The molecule has 1 N–H and O–H groups in total. The van der Waals surface area contributed by atoms with Gasteiger partial charge >= 0.3 is 0 Å². The van der Waals surface area contributed by atoms with Crippen LogP contribution in [0.2, 0.25) is 0 Å². The summed E-state index contributed by atoms with van der Waals surface area (Å²) in [5.41, 5.74) is 0.354. The van der Waals surface area contributed by atoms with Crippen LogP contribution in [-0.4, -0.2) is 18.0 Å². The van der Waals surface area contributed by atoms with Crippen molar-refractivity contribution in [1.82, 2.24) is 0 Å². The first-order valence-electron chi connectivity index (χ1n) is 5.21. The summed E-state index contributed by atoms with van der Waals surface area (Å²) in [7, 11) is 1.54. The van der Waals surface area contributed by atoms with Gasteiger partial charge in [0.15, 0.2) is 5.78 Å². The van der Waals surface area contributed by atoms with Gasteiger partial charge < -0.3 is 9.84 Å². The maximum Gasteiger partial charge on any atom is 0.173 e. The molecule has 3 nitrogen and oxygen atoms in total. The van der Waals surface area contributed by atoms with E-state index in [1.165, 1.54) is 7.11 Å². The number of carbonyl (C=O) groups excluding carboxylic acids is 1. The van der Waals surface area contributed by atoms with Gasteiger partial charge in [-0.15, -0.1) is 0 Å². The number of hydrogen-bond donors (Lipinski definition) is 1. The first-order chi connectivity index (χ1) is 6.97. The topological polar surface area (TPSA) is 46.5 Å². The van der Waals surface area contributed by atoms with E-state index in [1.807, 2.05) is 13.8 Å². The third-order valence-corrected chi connectivity index (χ3v) is 3.41. The van der Waals surface area contributed by atoms with Crippen LogP contribution in [0.15, 0.2) is 23.2 Å². The number of hydrogen-bond acceptors (Lipinski definition) is 3. The van der Waals surface area contributed by atoms with Crippen LogP contribution in [0.3, 0.4) is 0 Å². The highest BCUT2D eigenvalue weighted by Crippen LogP contribution is 2.46. The molecule has 3 heteroatoms. The fraction of sp³-hybridized carbons (Fsp3) is 0.583. The summed E-state index contributed by atoms with van der Waals surface area (Å²) < 4.78 is 5.13. The summed E-state index contributed by atoms with van der Waals surface area (Å²) in [5.74, 6) is 0.534. The van der Waals surface area contributed by atoms with Crippen molar-refractivity contribution in [3.63, 3.8) is 0 Å². The molecule has 2 aliphatic rings. The van der Waals surface area contributed by atoms with Crippen molar-refractivity contribution in [3.8, 4) is 0 Å². The highest BCUT2D eigenvalue weighted by Gasteiger charge is 2.44. The standard InChI is InChI=1S/C12H16O3/c1-12(2)5-4-7-9(15-3)6-8(13)10(12)11(7)14/h6-7,13H,4-5H2,1-3H3. The number of aliphatic hydroxyl groups is 1. The molecule has 1 atom stereocenters. The lowest BCUT2D eigenvalue weighted by Crippen LogP contribution is -2.37. The smallest absolute Gasteiger partial charge is 0.173 e. The summed E-state index contributed by atoms with van der Waals surface area (Å²) in [4.78, 5) is 12.1. The second kappa shape index (κ2) is 3.12. The van der Waals surface area contributed by atoms with E-state index in [9.17, 15) is 9.90 Å². The Balaban J connectivity index is 2.55. The lowest BCUT2D eigenvalue weighted by atomic mass is 9.65. The van der Waals surface area contributed by atoms with Crippen LogP contribution in [-0.2, 0) is 9.53 Å². The summed E-state index contributed by atoms with van der Waals surface area (Å²) in [5, 5.41) is 9.83. The number of ether oxygens (including phenoxy) is 1. The van der Waals surface area contributed by atoms with E-state index < -0.39 is 0 Å². The molecule has 1 unspecified atom stereocenters. The highest BCUT2D eigenvalue weighted by atomic mass is 16.5. The minimum absolute atomic E-state index is 0.0306. The zero-order chi connectivity index (χ0) is 11.2. The van der Waals surface area contributed by atoms with E-state index >= 15 is 0 Å². The van der Waals surface area contributed by atoms with Gasteiger partial charge in [-0.3, -0.25) is 4.79 Å². The van der Waals surface area contributed by atoms with Gasteiger partial charge in [-0.25, -0.2) is 0 Å². The van der Waals surface area contributed by atoms with E-state index in [0.717, 1.165) is 12.8 Å². The number of carbonyl (C=O) groups is 1. The van der Waals surface area contributed by atoms with Gasteiger partial charge in [-0.2, -0.15) is 0 Å². The van der Waals surface area contributed by atoms with Crippen molar-refractivity contribution < 1.29 is 14.6 Å². The molecule has 0 spiro atoms. The number of rotatable bonds is 1. The van der Waals surface area contributed by atoms with E-state index in [1.54, 1.807) is 6.08 Å². The maximum atomic E-state index is 12.1. The Morgan fingerprint density at radius 3 is 2.80 bits per heavy atom. The van der Waals surface area contributed by atoms with E-state index in [-0.39, 0.29) is 22.9 Å². The Kier molecular flexibility index (Phi) is 2.14. The van der Waals surface area contributed by atoms with Gasteiger partial charge in [0.25, 0.3) is 0 Å². The number of methoxy groups -OCH3 is 1. The molecule has 2 rings (SSSR count). The van der Waals surface area contributed by atoms with Crippen LogP contribution in [0.1, 0.15) is 26.7 Å².